The maximum atomic E-state index is 13.1. The van der Waals surface area contributed by atoms with E-state index in [1.165, 1.54) is 35.3 Å². The van der Waals surface area contributed by atoms with Crippen molar-refractivity contribution in [2.24, 2.45) is 0 Å². The van der Waals surface area contributed by atoms with E-state index in [0.717, 1.165) is 4.88 Å². The molecule has 0 saturated heterocycles. The molecular formula is C18H17FN4O3S. The number of carbonyl (C=O) groups is 2. The molecule has 0 aliphatic carbocycles. The van der Waals surface area contributed by atoms with Crippen LogP contribution in [0, 0.1) is 12.7 Å². The molecule has 0 aliphatic heterocycles. The lowest BCUT2D eigenvalue weighted by molar-refractivity contribution is -0.141. The molecule has 1 amide bonds. The minimum atomic E-state index is -0.539. The van der Waals surface area contributed by atoms with E-state index < -0.39 is 17.9 Å². The number of amides is 1. The summed E-state index contributed by atoms with van der Waals surface area (Å²) in [5.41, 5.74) is 0.588. The SMILES string of the molecule is COC(=O)C[C@H](NC(=O)c1nc(C)n(-c2ccc(F)cc2)n1)c1cccs1. The average molecular weight is 388 g/mol. The van der Waals surface area contributed by atoms with Gasteiger partial charge in [0.25, 0.3) is 5.91 Å². The largest absolute Gasteiger partial charge is 0.469 e. The van der Waals surface area contributed by atoms with Crippen molar-refractivity contribution in [1.82, 2.24) is 20.1 Å². The first-order valence-corrected chi connectivity index (χ1v) is 8.96. The molecule has 1 N–H and O–H groups in total. The molecule has 27 heavy (non-hydrogen) atoms. The fraction of sp³-hybridized carbons (Fsp3) is 0.222. The standard InChI is InChI=1S/C18H17FN4O3S/c1-11-20-17(22-23(11)13-7-5-12(19)6-8-13)18(25)21-14(10-16(24)26-2)15-4-3-9-27-15/h3-9,14H,10H2,1-2H3,(H,21,25)/t14-/m0/s1. The zero-order valence-corrected chi connectivity index (χ0v) is 15.5. The first-order chi connectivity index (χ1) is 13.0. The normalized spacial score (nSPS) is 11.8. The number of benzene rings is 1. The second kappa shape index (κ2) is 8.09. The van der Waals surface area contributed by atoms with Gasteiger partial charge in [-0.2, -0.15) is 0 Å². The van der Waals surface area contributed by atoms with Crippen LogP contribution < -0.4 is 5.32 Å². The molecule has 1 atom stereocenters. The van der Waals surface area contributed by atoms with Crippen molar-refractivity contribution >= 4 is 23.2 Å². The summed E-state index contributed by atoms with van der Waals surface area (Å²) in [6, 6.07) is 8.83. The van der Waals surface area contributed by atoms with Crippen LogP contribution in [0.25, 0.3) is 5.69 Å². The van der Waals surface area contributed by atoms with Crippen LogP contribution in [0.15, 0.2) is 41.8 Å². The van der Waals surface area contributed by atoms with Crippen molar-refractivity contribution in [2.75, 3.05) is 7.11 Å². The smallest absolute Gasteiger partial charge is 0.307 e. The Kier molecular flexibility index (Phi) is 5.60. The zero-order valence-electron chi connectivity index (χ0n) is 14.7. The van der Waals surface area contributed by atoms with Crippen LogP contribution in [0.2, 0.25) is 0 Å². The number of hydrogen-bond acceptors (Lipinski definition) is 6. The van der Waals surface area contributed by atoms with Crippen LogP contribution in [0.1, 0.15) is 33.8 Å². The zero-order chi connectivity index (χ0) is 19.4. The van der Waals surface area contributed by atoms with E-state index in [1.807, 2.05) is 17.5 Å². The molecule has 2 aromatic heterocycles. The number of hydrogen-bond donors (Lipinski definition) is 1. The van der Waals surface area contributed by atoms with Gasteiger partial charge in [0, 0.05) is 4.88 Å². The van der Waals surface area contributed by atoms with E-state index in [4.69, 9.17) is 4.74 Å². The molecule has 2 heterocycles. The van der Waals surface area contributed by atoms with Crippen LogP contribution in [0.5, 0.6) is 0 Å². The summed E-state index contributed by atoms with van der Waals surface area (Å²) in [6.45, 7) is 1.69. The van der Waals surface area contributed by atoms with E-state index in [-0.39, 0.29) is 18.1 Å². The average Bonchev–Trinajstić information content (AvgIpc) is 3.31. The molecule has 0 spiro atoms. The number of ether oxygens (including phenoxy) is 1. The van der Waals surface area contributed by atoms with Crippen molar-refractivity contribution in [2.45, 2.75) is 19.4 Å². The summed E-state index contributed by atoms with van der Waals surface area (Å²) < 4.78 is 19.3. The van der Waals surface area contributed by atoms with E-state index in [1.54, 1.807) is 19.1 Å². The lowest BCUT2D eigenvalue weighted by Gasteiger charge is -2.15. The highest BCUT2D eigenvalue weighted by atomic mass is 32.1. The number of aromatic nitrogens is 3. The van der Waals surface area contributed by atoms with E-state index >= 15 is 0 Å². The third-order valence-corrected chi connectivity index (χ3v) is 4.82. The molecule has 0 bridgehead atoms. The highest BCUT2D eigenvalue weighted by Gasteiger charge is 2.23. The minimum Gasteiger partial charge on any atom is -0.469 e. The van der Waals surface area contributed by atoms with Gasteiger partial charge in [-0.05, 0) is 42.6 Å². The third-order valence-electron chi connectivity index (χ3n) is 3.83. The topological polar surface area (TPSA) is 86.1 Å². The Morgan fingerprint density at radius 3 is 2.67 bits per heavy atom. The molecule has 3 rings (SSSR count). The monoisotopic (exact) mass is 388 g/mol. The van der Waals surface area contributed by atoms with Gasteiger partial charge >= 0.3 is 5.97 Å². The lowest BCUT2D eigenvalue weighted by Crippen LogP contribution is -2.30. The summed E-state index contributed by atoms with van der Waals surface area (Å²) in [4.78, 5) is 29.3. The summed E-state index contributed by atoms with van der Waals surface area (Å²) in [5, 5.41) is 8.83. The predicted octanol–water partition coefficient (Wildman–Crippen LogP) is 2.81. The number of esters is 1. The molecule has 0 unspecified atom stereocenters. The number of carbonyl (C=O) groups excluding carboxylic acids is 2. The van der Waals surface area contributed by atoms with E-state index in [0.29, 0.717) is 11.5 Å². The Bertz CT molecular complexity index is 938. The molecule has 0 aliphatic rings. The molecule has 0 saturated carbocycles. The first kappa shape index (κ1) is 18.7. The molecule has 140 valence electrons. The molecule has 7 nitrogen and oxygen atoms in total. The number of rotatable bonds is 6. The summed E-state index contributed by atoms with van der Waals surface area (Å²) in [7, 11) is 1.30. The molecular weight excluding hydrogens is 371 g/mol. The number of nitrogens with zero attached hydrogens (tertiary/aromatic N) is 3. The maximum Gasteiger partial charge on any atom is 0.307 e. The lowest BCUT2D eigenvalue weighted by atomic mass is 10.1. The maximum absolute atomic E-state index is 13.1. The molecule has 0 fully saturated rings. The van der Waals surface area contributed by atoms with E-state index in [2.05, 4.69) is 15.4 Å². The molecule has 9 heteroatoms. The number of halogens is 1. The van der Waals surface area contributed by atoms with Crippen LogP contribution >= 0.6 is 11.3 Å². The second-order valence-electron chi connectivity index (χ2n) is 5.69. The van der Waals surface area contributed by atoms with Gasteiger partial charge in [-0.25, -0.2) is 14.1 Å². The Morgan fingerprint density at radius 2 is 2.04 bits per heavy atom. The van der Waals surface area contributed by atoms with Gasteiger partial charge < -0.3 is 10.1 Å². The Morgan fingerprint density at radius 1 is 1.30 bits per heavy atom. The Balaban J connectivity index is 1.81. The highest BCUT2D eigenvalue weighted by Crippen LogP contribution is 2.23. The Hall–Kier alpha value is -3.07. The number of nitrogens with one attached hydrogen (secondary N) is 1. The van der Waals surface area contributed by atoms with Gasteiger partial charge in [-0.3, -0.25) is 9.59 Å². The second-order valence-corrected chi connectivity index (χ2v) is 6.67. The van der Waals surface area contributed by atoms with Crippen molar-refractivity contribution in [3.8, 4) is 5.69 Å². The fourth-order valence-corrected chi connectivity index (χ4v) is 3.28. The molecule has 1 aromatic carbocycles. The number of methoxy groups -OCH3 is 1. The van der Waals surface area contributed by atoms with Gasteiger partial charge in [0.15, 0.2) is 0 Å². The van der Waals surface area contributed by atoms with Gasteiger partial charge in [-0.1, -0.05) is 6.07 Å². The predicted molar refractivity (Wildman–Crippen MR) is 97.2 cm³/mol. The van der Waals surface area contributed by atoms with Crippen LogP contribution in [-0.4, -0.2) is 33.8 Å². The van der Waals surface area contributed by atoms with Crippen molar-refractivity contribution < 1.29 is 18.7 Å². The molecule has 0 radical (unpaired) electrons. The quantitative estimate of drug-likeness (QED) is 0.656. The summed E-state index contributed by atoms with van der Waals surface area (Å²) >= 11 is 1.42. The van der Waals surface area contributed by atoms with E-state index in [9.17, 15) is 14.0 Å². The van der Waals surface area contributed by atoms with Crippen LogP contribution in [0.4, 0.5) is 4.39 Å². The summed E-state index contributed by atoms with van der Waals surface area (Å²) in [6.07, 6.45) is 0.000403. The Labute approximate surface area is 158 Å². The fourth-order valence-electron chi connectivity index (χ4n) is 2.50. The van der Waals surface area contributed by atoms with Gasteiger partial charge in [-0.15, -0.1) is 16.4 Å². The highest BCUT2D eigenvalue weighted by molar-refractivity contribution is 7.10. The molecule has 3 aromatic rings. The third kappa shape index (κ3) is 4.37. The van der Waals surface area contributed by atoms with Gasteiger partial charge in [0.1, 0.15) is 11.6 Å². The van der Waals surface area contributed by atoms with Crippen LogP contribution in [-0.2, 0) is 9.53 Å². The summed E-state index contributed by atoms with van der Waals surface area (Å²) in [5.74, 6) is -0.873. The van der Waals surface area contributed by atoms with Crippen molar-refractivity contribution in [3.63, 3.8) is 0 Å². The number of aryl methyl sites for hydroxylation is 1. The van der Waals surface area contributed by atoms with Crippen LogP contribution in [0.3, 0.4) is 0 Å². The van der Waals surface area contributed by atoms with Gasteiger partial charge in [0.2, 0.25) is 5.82 Å². The number of thiophene rings is 1. The first-order valence-electron chi connectivity index (χ1n) is 8.08. The van der Waals surface area contributed by atoms with Crippen molar-refractivity contribution in [1.29, 1.82) is 0 Å². The van der Waals surface area contributed by atoms with Crippen molar-refractivity contribution in [3.05, 3.63) is 64.1 Å². The van der Waals surface area contributed by atoms with Gasteiger partial charge in [0.05, 0.1) is 25.3 Å². The minimum absolute atomic E-state index is 0.000403.